The molecule has 108 valence electrons. The van der Waals surface area contributed by atoms with Crippen molar-refractivity contribution in [2.75, 3.05) is 26.9 Å². The third-order valence-electron chi connectivity index (χ3n) is 3.00. The highest BCUT2D eigenvalue weighted by Gasteiger charge is 2.31. The van der Waals surface area contributed by atoms with Crippen LogP contribution in [0.1, 0.15) is 41.0 Å². The SMILES string of the molecule is COC(=O)[C@@H](CCOCC(C)(C)CO)C(C)(C)C. The minimum absolute atomic E-state index is 0.0900. The topological polar surface area (TPSA) is 55.8 Å². The van der Waals surface area contributed by atoms with Gasteiger partial charge in [-0.3, -0.25) is 4.79 Å². The molecule has 18 heavy (non-hydrogen) atoms. The van der Waals surface area contributed by atoms with Crippen LogP contribution in [0, 0.1) is 16.7 Å². The van der Waals surface area contributed by atoms with Crippen molar-refractivity contribution in [3.8, 4) is 0 Å². The van der Waals surface area contributed by atoms with Gasteiger partial charge in [0.25, 0.3) is 0 Å². The zero-order valence-electron chi connectivity index (χ0n) is 12.6. The highest BCUT2D eigenvalue weighted by Crippen LogP contribution is 2.30. The molecule has 0 rings (SSSR count). The number of hydrogen-bond acceptors (Lipinski definition) is 4. The summed E-state index contributed by atoms with van der Waals surface area (Å²) in [6.45, 7) is 11.0. The summed E-state index contributed by atoms with van der Waals surface area (Å²) in [6, 6.07) is 0. The number of hydrogen-bond donors (Lipinski definition) is 1. The molecule has 0 radical (unpaired) electrons. The molecular weight excluding hydrogens is 232 g/mol. The fourth-order valence-electron chi connectivity index (χ4n) is 1.64. The van der Waals surface area contributed by atoms with Crippen LogP contribution >= 0.6 is 0 Å². The Balaban J connectivity index is 4.18. The van der Waals surface area contributed by atoms with Gasteiger partial charge in [-0.25, -0.2) is 0 Å². The van der Waals surface area contributed by atoms with E-state index < -0.39 is 0 Å². The van der Waals surface area contributed by atoms with Crippen molar-refractivity contribution >= 4 is 5.97 Å². The van der Waals surface area contributed by atoms with Crippen molar-refractivity contribution in [3.63, 3.8) is 0 Å². The molecule has 4 nitrogen and oxygen atoms in total. The Labute approximate surface area is 111 Å². The molecule has 0 saturated heterocycles. The lowest BCUT2D eigenvalue weighted by molar-refractivity contribution is -0.150. The van der Waals surface area contributed by atoms with E-state index in [1.54, 1.807) is 0 Å². The van der Waals surface area contributed by atoms with Crippen molar-refractivity contribution in [1.29, 1.82) is 0 Å². The summed E-state index contributed by atoms with van der Waals surface area (Å²) < 4.78 is 10.4. The average Bonchev–Trinajstić information content (AvgIpc) is 2.26. The monoisotopic (exact) mass is 260 g/mol. The first kappa shape index (κ1) is 17.4. The van der Waals surface area contributed by atoms with E-state index in [1.165, 1.54) is 7.11 Å². The second-order valence-electron chi connectivity index (χ2n) is 6.61. The number of aliphatic hydroxyl groups excluding tert-OH is 1. The van der Waals surface area contributed by atoms with E-state index in [0.29, 0.717) is 19.6 Å². The first-order valence-corrected chi connectivity index (χ1v) is 6.40. The van der Waals surface area contributed by atoms with E-state index in [9.17, 15) is 4.79 Å². The quantitative estimate of drug-likeness (QED) is 0.563. The third kappa shape index (κ3) is 6.36. The number of carbonyl (C=O) groups is 1. The van der Waals surface area contributed by atoms with Crippen LogP contribution in [0.5, 0.6) is 0 Å². The van der Waals surface area contributed by atoms with Gasteiger partial charge in [0, 0.05) is 12.0 Å². The standard InChI is InChI=1S/C14H28O4/c1-13(2,3)11(12(16)17-6)7-8-18-10-14(4,5)9-15/h11,15H,7-10H2,1-6H3/t11-/m1/s1. The first-order valence-electron chi connectivity index (χ1n) is 6.40. The summed E-state index contributed by atoms with van der Waals surface area (Å²) >= 11 is 0. The lowest BCUT2D eigenvalue weighted by atomic mass is 9.79. The third-order valence-corrected chi connectivity index (χ3v) is 3.00. The van der Waals surface area contributed by atoms with Gasteiger partial charge in [-0.2, -0.15) is 0 Å². The molecular formula is C14H28O4. The first-order chi connectivity index (χ1) is 8.14. The molecule has 0 aliphatic rings. The number of carbonyl (C=O) groups excluding carboxylic acids is 1. The van der Waals surface area contributed by atoms with E-state index in [4.69, 9.17) is 14.6 Å². The maximum atomic E-state index is 11.7. The zero-order valence-corrected chi connectivity index (χ0v) is 12.6. The normalized spacial score (nSPS) is 14.4. The van der Waals surface area contributed by atoms with Gasteiger partial charge in [-0.15, -0.1) is 0 Å². The highest BCUT2D eigenvalue weighted by atomic mass is 16.5. The largest absolute Gasteiger partial charge is 0.469 e. The van der Waals surface area contributed by atoms with Crippen LogP contribution in [-0.2, 0) is 14.3 Å². The van der Waals surface area contributed by atoms with Gasteiger partial charge in [0.15, 0.2) is 0 Å². The van der Waals surface area contributed by atoms with Gasteiger partial charge in [0.2, 0.25) is 0 Å². The average molecular weight is 260 g/mol. The molecule has 0 fully saturated rings. The van der Waals surface area contributed by atoms with Crippen molar-refractivity contribution in [3.05, 3.63) is 0 Å². The molecule has 1 atom stereocenters. The summed E-state index contributed by atoms with van der Waals surface area (Å²) in [4.78, 5) is 11.7. The van der Waals surface area contributed by atoms with Crippen LogP contribution < -0.4 is 0 Å². The van der Waals surface area contributed by atoms with Crippen LogP contribution in [0.15, 0.2) is 0 Å². The Morgan fingerprint density at radius 2 is 1.78 bits per heavy atom. The Morgan fingerprint density at radius 3 is 2.17 bits per heavy atom. The van der Waals surface area contributed by atoms with Crippen molar-refractivity contribution in [2.24, 2.45) is 16.7 Å². The van der Waals surface area contributed by atoms with Crippen LogP contribution in [0.4, 0.5) is 0 Å². The number of esters is 1. The zero-order chi connectivity index (χ0) is 14.4. The summed E-state index contributed by atoms with van der Waals surface area (Å²) in [5, 5.41) is 9.10. The van der Waals surface area contributed by atoms with Crippen LogP contribution in [0.2, 0.25) is 0 Å². The molecule has 0 amide bonds. The number of aliphatic hydroxyl groups is 1. The molecule has 0 aromatic heterocycles. The van der Waals surface area contributed by atoms with Crippen molar-refractivity contribution in [1.82, 2.24) is 0 Å². The van der Waals surface area contributed by atoms with Gasteiger partial charge < -0.3 is 14.6 Å². The molecule has 0 aromatic carbocycles. The lowest BCUT2D eigenvalue weighted by Gasteiger charge is -2.29. The molecule has 0 spiro atoms. The molecule has 0 heterocycles. The predicted molar refractivity (Wildman–Crippen MR) is 71.3 cm³/mol. The molecule has 0 aliphatic carbocycles. The van der Waals surface area contributed by atoms with Crippen molar-refractivity contribution in [2.45, 2.75) is 41.0 Å². The minimum atomic E-state index is -0.234. The molecule has 0 saturated carbocycles. The second-order valence-corrected chi connectivity index (χ2v) is 6.61. The van der Waals surface area contributed by atoms with E-state index in [-0.39, 0.29) is 29.3 Å². The molecule has 0 aliphatic heterocycles. The molecule has 0 aromatic rings. The predicted octanol–water partition coefficient (Wildman–Crippen LogP) is 2.25. The Hall–Kier alpha value is -0.610. The molecule has 4 heteroatoms. The molecule has 0 unspecified atom stereocenters. The fraction of sp³-hybridized carbons (Fsp3) is 0.929. The smallest absolute Gasteiger partial charge is 0.309 e. The molecule has 1 N–H and O–H groups in total. The summed E-state index contributed by atoms with van der Waals surface area (Å²) in [6.07, 6.45) is 0.637. The van der Waals surface area contributed by atoms with Gasteiger partial charge in [0.05, 0.1) is 26.2 Å². The lowest BCUT2D eigenvalue weighted by Crippen LogP contribution is -2.31. The maximum Gasteiger partial charge on any atom is 0.309 e. The summed E-state index contributed by atoms with van der Waals surface area (Å²) in [7, 11) is 1.41. The van der Waals surface area contributed by atoms with E-state index in [1.807, 2.05) is 34.6 Å². The fourth-order valence-corrected chi connectivity index (χ4v) is 1.64. The van der Waals surface area contributed by atoms with Gasteiger partial charge >= 0.3 is 5.97 Å². The van der Waals surface area contributed by atoms with Gasteiger partial charge in [-0.1, -0.05) is 34.6 Å². The van der Waals surface area contributed by atoms with Crippen LogP contribution in [-0.4, -0.2) is 38.0 Å². The van der Waals surface area contributed by atoms with E-state index >= 15 is 0 Å². The van der Waals surface area contributed by atoms with E-state index in [0.717, 1.165) is 0 Å². The molecule has 0 bridgehead atoms. The Kier molecular flexibility index (Phi) is 6.86. The second kappa shape index (κ2) is 7.10. The van der Waals surface area contributed by atoms with Crippen LogP contribution in [0.25, 0.3) is 0 Å². The van der Waals surface area contributed by atoms with Crippen molar-refractivity contribution < 1.29 is 19.4 Å². The van der Waals surface area contributed by atoms with Crippen LogP contribution in [0.3, 0.4) is 0 Å². The minimum Gasteiger partial charge on any atom is -0.469 e. The number of methoxy groups -OCH3 is 1. The maximum absolute atomic E-state index is 11.7. The highest BCUT2D eigenvalue weighted by molar-refractivity contribution is 5.73. The van der Waals surface area contributed by atoms with Gasteiger partial charge in [0.1, 0.15) is 0 Å². The Morgan fingerprint density at radius 1 is 1.22 bits per heavy atom. The number of rotatable bonds is 7. The van der Waals surface area contributed by atoms with Gasteiger partial charge in [-0.05, 0) is 11.8 Å². The Bertz CT molecular complexity index is 253. The van der Waals surface area contributed by atoms with E-state index in [2.05, 4.69) is 0 Å². The summed E-state index contributed by atoms with van der Waals surface area (Å²) in [5.74, 6) is -0.354. The number of ether oxygens (including phenoxy) is 2. The summed E-state index contributed by atoms with van der Waals surface area (Å²) in [5.41, 5.74) is -0.370.